The number of carbonyl (C=O) groups is 1. The van der Waals surface area contributed by atoms with E-state index in [1.54, 1.807) is 35.7 Å². The molecule has 7 nitrogen and oxygen atoms in total. The highest BCUT2D eigenvalue weighted by molar-refractivity contribution is 7.89. The van der Waals surface area contributed by atoms with Gasteiger partial charge in [-0.25, -0.2) is 18.1 Å². The van der Waals surface area contributed by atoms with Gasteiger partial charge in [-0.05, 0) is 48.6 Å². The summed E-state index contributed by atoms with van der Waals surface area (Å²) in [4.78, 5) is 17.2. The fraction of sp³-hybridized carbons (Fsp3) is 0.524. The van der Waals surface area contributed by atoms with Gasteiger partial charge < -0.3 is 10.6 Å². The number of rotatable bonds is 8. The first-order chi connectivity index (χ1) is 14.3. The van der Waals surface area contributed by atoms with Crippen LogP contribution in [-0.2, 0) is 10.0 Å². The number of aromatic nitrogens is 1. The van der Waals surface area contributed by atoms with Gasteiger partial charge in [0, 0.05) is 24.5 Å². The van der Waals surface area contributed by atoms with E-state index in [4.69, 9.17) is 0 Å². The molecule has 3 aliphatic rings. The Balaban J connectivity index is 1.25. The van der Waals surface area contributed by atoms with Crippen LogP contribution in [0.4, 0.5) is 5.13 Å². The molecular formula is C21H28N4O3S2. The zero-order chi connectivity index (χ0) is 21.4. The van der Waals surface area contributed by atoms with Crippen molar-refractivity contribution in [2.45, 2.75) is 44.0 Å². The molecule has 0 saturated heterocycles. The van der Waals surface area contributed by atoms with E-state index in [9.17, 15) is 13.2 Å². The van der Waals surface area contributed by atoms with E-state index in [1.807, 2.05) is 0 Å². The van der Waals surface area contributed by atoms with Gasteiger partial charge in [0.25, 0.3) is 5.91 Å². The maximum atomic E-state index is 12.6. The van der Waals surface area contributed by atoms with Gasteiger partial charge in [0.2, 0.25) is 10.0 Å². The van der Waals surface area contributed by atoms with Crippen molar-refractivity contribution in [1.82, 2.24) is 15.0 Å². The molecule has 0 radical (unpaired) electrons. The lowest BCUT2D eigenvalue weighted by Crippen LogP contribution is -2.59. The summed E-state index contributed by atoms with van der Waals surface area (Å²) in [6.45, 7) is 5.21. The van der Waals surface area contributed by atoms with Gasteiger partial charge in [-0.3, -0.25) is 4.79 Å². The maximum Gasteiger partial charge on any atom is 0.271 e. The Hall–Kier alpha value is -1.97. The predicted molar refractivity (Wildman–Crippen MR) is 118 cm³/mol. The Morgan fingerprint density at radius 2 is 1.97 bits per heavy atom. The summed E-state index contributed by atoms with van der Waals surface area (Å²) in [6.07, 6.45) is 3.43. The van der Waals surface area contributed by atoms with Crippen LogP contribution in [0.25, 0.3) is 0 Å². The summed E-state index contributed by atoms with van der Waals surface area (Å²) in [5.41, 5.74) is 0.726. The third-order valence-electron chi connectivity index (χ3n) is 6.66. The predicted octanol–water partition coefficient (Wildman–Crippen LogP) is 3.09. The van der Waals surface area contributed by atoms with Crippen molar-refractivity contribution >= 4 is 32.4 Å². The molecule has 1 amide bonds. The van der Waals surface area contributed by atoms with Crippen molar-refractivity contribution in [2.24, 2.45) is 17.3 Å². The Kier molecular flexibility index (Phi) is 5.87. The molecule has 30 heavy (non-hydrogen) atoms. The Morgan fingerprint density at radius 1 is 1.20 bits per heavy atom. The number of amides is 1. The van der Waals surface area contributed by atoms with Crippen LogP contribution in [-0.4, -0.2) is 38.4 Å². The highest BCUT2D eigenvalue weighted by Crippen LogP contribution is 2.59. The first-order valence-corrected chi connectivity index (χ1v) is 12.7. The number of nitrogens with zero attached hydrogens (tertiary/aromatic N) is 1. The van der Waals surface area contributed by atoms with Crippen LogP contribution >= 0.6 is 11.3 Å². The number of carbonyl (C=O) groups excluding carboxylic acids is 1. The molecular weight excluding hydrogens is 420 g/mol. The quantitative estimate of drug-likeness (QED) is 0.539. The van der Waals surface area contributed by atoms with Crippen LogP contribution in [0.1, 0.15) is 43.6 Å². The highest BCUT2D eigenvalue weighted by Gasteiger charge is 2.54. The van der Waals surface area contributed by atoms with E-state index in [-0.39, 0.29) is 23.4 Å². The topological polar surface area (TPSA) is 100 Å². The van der Waals surface area contributed by atoms with Crippen LogP contribution in [0.5, 0.6) is 0 Å². The summed E-state index contributed by atoms with van der Waals surface area (Å²) in [6, 6.07) is 8.48. The minimum atomic E-state index is -3.52. The monoisotopic (exact) mass is 448 g/mol. The Bertz CT molecular complexity index is 1000. The second-order valence-electron chi connectivity index (χ2n) is 8.69. The van der Waals surface area contributed by atoms with Crippen molar-refractivity contribution < 1.29 is 13.2 Å². The summed E-state index contributed by atoms with van der Waals surface area (Å²) in [7, 11) is -3.52. The molecule has 0 aliphatic heterocycles. The average molecular weight is 449 g/mol. The molecule has 162 valence electrons. The number of fused-ring (bicyclic) bond motifs is 2. The molecule has 3 aliphatic carbocycles. The zero-order valence-electron chi connectivity index (χ0n) is 17.2. The first kappa shape index (κ1) is 21.3. The third-order valence-corrected chi connectivity index (χ3v) is 8.94. The van der Waals surface area contributed by atoms with Crippen molar-refractivity contribution in [2.75, 3.05) is 18.4 Å². The molecule has 9 heteroatoms. The van der Waals surface area contributed by atoms with Gasteiger partial charge in [-0.1, -0.05) is 32.0 Å². The largest absolute Gasteiger partial charge is 0.360 e. The van der Waals surface area contributed by atoms with Gasteiger partial charge in [-0.15, -0.1) is 11.3 Å². The van der Waals surface area contributed by atoms with Crippen LogP contribution in [0, 0.1) is 17.3 Å². The number of anilines is 1. The van der Waals surface area contributed by atoms with Crippen molar-refractivity contribution in [3.63, 3.8) is 0 Å². The smallest absolute Gasteiger partial charge is 0.271 e. The fourth-order valence-electron chi connectivity index (χ4n) is 4.72. The van der Waals surface area contributed by atoms with Gasteiger partial charge in [0.1, 0.15) is 5.69 Å². The molecule has 3 N–H and O–H groups in total. The van der Waals surface area contributed by atoms with Crippen molar-refractivity contribution in [3.8, 4) is 0 Å². The molecule has 1 heterocycles. The summed E-state index contributed by atoms with van der Waals surface area (Å²) >= 11 is 1.34. The molecule has 2 aromatic rings. The number of nitrogens with one attached hydrogen (secondary N) is 3. The molecule has 0 spiro atoms. The van der Waals surface area contributed by atoms with Crippen LogP contribution < -0.4 is 15.4 Å². The van der Waals surface area contributed by atoms with E-state index in [0.29, 0.717) is 28.7 Å². The first-order valence-electron chi connectivity index (χ1n) is 10.3. The lowest BCUT2D eigenvalue weighted by molar-refractivity contribution is -0.0844. The highest BCUT2D eigenvalue weighted by atomic mass is 32.2. The SMILES string of the molecule is CC1(C)[C@H]2CC[C@@H](NC(=O)c3csc(NCCNS(=O)(=O)c4ccccc4)n3)[C@@H]1C2. The van der Waals surface area contributed by atoms with Crippen LogP contribution in [0.3, 0.4) is 0 Å². The van der Waals surface area contributed by atoms with Gasteiger partial charge >= 0.3 is 0 Å². The third kappa shape index (κ3) is 4.24. The number of hydrogen-bond donors (Lipinski definition) is 3. The molecule has 1 aromatic carbocycles. The van der Waals surface area contributed by atoms with Gasteiger partial charge in [0.05, 0.1) is 4.90 Å². The Morgan fingerprint density at radius 3 is 2.67 bits per heavy atom. The maximum absolute atomic E-state index is 12.6. The van der Waals surface area contributed by atoms with Crippen LogP contribution in [0.15, 0.2) is 40.6 Å². The number of hydrogen-bond acceptors (Lipinski definition) is 6. The van der Waals surface area contributed by atoms with Gasteiger partial charge in [-0.2, -0.15) is 0 Å². The fourth-order valence-corrected chi connectivity index (χ4v) is 6.50. The van der Waals surface area contributed by atoms with Crippen LogP contribution in [0.2, 0.25) is 0 Å². The minimum Gasteiger partial charge on any atom is -0.360 e. The number of sulfonamides is 1. The number of thiazole rings is 1. The van der Waals surface area contributed by atoms with E-state index in [2.05, 4.69) is 34.2 Å². The Labute approximate surface area is 181 Å². The lowest BCUT2D eigenvalue weighted by Gasteiger charge is -2.60. The molecule has 3 saturated carbocycles. The molecule has 1 aromatic heterocycles. The molecule has 5 rings (SSSR count). The summed E-state index contributed by atoms with van der Waals surface area (Å²) in [5.74, 6) is 1.22. The normalized spacial score (nSPS) is 24.7. The minimum absolute atomic E-state index is 0.129. The van der Waals surface area contributed by atoms with Crippen molar-refractivity contribution in [3.05, 3.63) is 41.4 Å². The van der Waals surface area contributed by atoms with E-state index >= 15 is 0 Å². The van der Waals surface area contributed by atoms with E-state index < -0.39 is 10.0 Å². The molecule has 0 unspecified atom stereocenters. The second kappa shape index (κ2) is 8.28. The lowest BCUT2D eigenvalue weighted by atomic mass is 9.47. The van der Waals surface area contributed by atoms with Gasteiger partial charge in [0.15, 0.2) is 5.13 Å². The standard InChI is InChI=1S/C21H28N4O3S2/c1-21(2)14-8-9-17(16(21)12-14)24-19(26)18-13-29-20(25-18)22-10-11-23-30(27,28)15-6-4-3-5-7-15/h3-7,13-14,16-17,23H,8-12H2,1-2H3,(H,22,25)(H,24,26)/t14-,16-,17+/m0/s1. The average Bonchev–Trinajstić information content (AvgIpc) is 3.21. The molecule has 2 bridgehead atoms. The zero-order valence-corrected chi connectivity index (χ0v) is 18.9. The van der Waals surface area contributed by atoms with E-state index in [1.165, 1.54) is 24.2 Å². The van der Waals surface area contributed by atoms with Crippen molar-refractivity contribution in [1.29, 1.82) is 0 Å². The molecule has 3 fully saturated rings. The summed E-state index contributed by atoms with van der Waals surface area (Å²) < 4.78 is 26.9. The van der Waals surface area contributed by atoms with E-state index in [0.717, 1.165) is 12.3 Å². The summed E-state index contributed by atoms with van der Waals surface area (Å²) in [5, 5.41) is 8.60. The molecule has 3 atom stereocenters. The number of benzene rings is 1. The second-order valence-corrected chi connectivity index (χ2v) is 11.3.